The van der Waals surface area contributed by atoms with Gasteiger partial charge < -0.3 is 0 Å². The average molecular weight is 284 g/mol. The summed E-state index contributed by atoms with van der Waals surface area (Å²) in [4.78, 5) is 0. The number of hydrogen-bond donors (Lipinski definition) is 0. The van der Waals surface area contributed by atoms with Gasteiger partial charge >= 0.3 is 0 Å². The molecule has 0 fully saturated rings. The predicted molar refractivity (Wildman–Crippen MR) is 77.2 cm³/mol. The van der Waals surface area contributed by atoms with Crippen molar-refractivity contribution in [2.45, 2.75) is 0 Å². The summed E-state index contributed by atoms with van der Waals surface area (Å²) in [7, 11) is 0. The summed E-state index contributed by atoms with van der Waals surface area (Å²) < 4.78 is 40.7. The van der Waals surface area contributed by atoms with Crippen molar-refractivity contribution in [2.24, 2.45) is 0 Å². The van der Waals surface area contributed by atoms with Crippen LogP contribution in [0.15, 0.2) is 66.7 Å². The largest absolute Gasteiger partial charge is 0.207 e. The van der Waals surface area contributed by atoms with E-state index in [1.807, 2.05) is 0 Å². The Morgan fingerprint density at radius 2 is 1.10 bits per heavy atom. The van der Waals surface area contributed by atoms with E-state index in [4.69, 9.17) is 0 Å². The Morgan fingerprint density at radius 1 is 0.524 bits per heavy atom. The molecule has 0 aliphatic heterocycles. The van der Waals surface area contributed by atoms with E-state index in [9.17, 15) is 13.2 Å². The predicted octanol–water partition coefficient (Wildman–Crippen LogP) is 5.44. The molecule has 21 heavy (non-hydrogen) atoms. The van der Waals surface area contributed by atoms with Crippen molar-refractivity contribution in [3.63, 3.8) is 0 Å². The van der Waals surface area contributed by atoms with Gasteiger partial charge in [0.15, 0.2) is 0 Å². The van der Waals surface area contributed by atoms with Gasteiger partial charge in [-0.15, -0.1) is 0 Å². The fourth-order valence-corrected chi connectivity index (χ4v) is 2.25. The summed E-state index contributed by atoms with van der Waals surface area (Å²) in [6.45, 7) is 0. The second-order valence-corrected chi connectivity index (χ2v) is 4.72. The third-order valence-electron chi connectivity index (χ3n) is 3.26. The van der Waals surface area contributed by atoms with Gasteiger partial charge in [0, 0.05) is 5.56 Å². The highest BCUT2D eigenvalue weighted by Crippen LogP contribution is 2.28. The van der Waals surface area contributed by atoms with Gasteiger partial charge in [0.25, 0.3) is 0 Å². The molecule has 3 rings (SSSR count). The molecule has 104 valence electrons. The summed E-state index contributed by atoms with van der Waals surface area (Å²) in [6.07, 6.45) is 0. The lowest BCUT2D eigenvalue weighted by Crippen LogP contribution is -1.88. The molecule has 0 radical (unpaired) electrons. The van der Waals surface area contributed by atoms with Crippen LogP contribution in [0.25, 0.3) is 22.3 Å². The Morgan fingerprint density at radius 3 is 1.71 bits per heavy atom. The SMILES string of the molecule is Fc1cccc(-c2ccc(-c3cccc(F)c3)c(F)c2)c1. The van der Waals surface area contributed by atoms with Crippen LogP contribution in [0.3, 0.4) is 0 Å². The van der Waals surface area contributed by atoms with Gasteiger partial charge in [0.1, 0.15) is 17.5 Å². The van der Waals surface area contributed by atoms with Crippen molar-refractivity contribution >= 4 is 0 Å². The highest BCUT2D eigenvalue weighted by molar-refractivity contribution is 5.71. The molecular formula is C18H11F3. The monoisotopic (exact) mass is 284 g/mol. The number of hydrogen-bond acceptors (Lipinski definition) is 0. The maximum absolute atomic E-state index is 14.2. The first-order valence-electron chi connectivity index (χ1n) is 6.45. The van der Waals surface area contributed by atoms with E-state index in [0.29, 0.717) is 22.3 Å². The van der Waals surface area contributed by atoms with Crippen LogP contribution in [0, 0.1) is 17.5 Å². The fraction of sp³-hybridized carbons (Fsp3) is 0. The van der Waals surface area contributed by atoms with Crippen LogP contribution in [0.4, 0.5) is 13.2 Å². The second kappa shape index (κ2) is 5.44. The van der Waals surface area contributed by atoms with Crippen molar-refractivity contribution in [1.29, 1.82) is 0 Å². The van der Waals surface area contributed by atoms with Crippen molar-refractivity contribution in [2.75, 3.05) is 0 Å². The van der Waals surface area contributed by atoms with Crippen molar-refractivity contribution < 1.29 is 13.2 Å². The average Bonchev–Trinajstić information content (AvgIpc) is 2.47. The van der Waals surface area contributed by atoms with Crippen LogP contribution in [0.1, 0.15) is 0 Å². The lowest BCUT2D eigenvalue weighted by atomic mass is 9.99. The minimum absolute atomic E-state index is 0.314. The molecule has 0 aliphatic carbocycles. The Balaban J connectivity index is 2.04. The zero-order valence-electron chi connectivity index (χ0n) is 11.0. The molecule has 3 aromatic rings. The van der Waals surface area contributed by atoms with Crippen molar-refractivity contribution in [3.8, 4) is 22.3 Å². The van der Waals surface area contributed by atoms with Gasteiger partial charge in [-0.3, -0.25) is 0 Å². The van der Waals surface area contributed by atoms with Crippen LogP contribution >= 0.6 is 0 Å². The van der Waals surface area contributed by atoms with E-state index in [1.54, 1.807) is 30.3 Å². The highest BCUT2D eigenvalue weighted by atomic mass is 19.1. The van der Waals surface area contributed by atoms with Gasteiger partial charge in [-0.2, -0.15) is 0 Å². The Kier molecular flexibility index (Phi) is 3.48. The molecule has 0 heterocycles. The van der Waals surface area contributed by atoms with Gasteiger partial charge in [0.05, 0.1) is 0 Å². The quantitative estimate of drug-likeness (QED) is 0.588. The van der Waals surface area contributed by atoms with Crippen molar-refractivity contribution in [1.82, 2.24) is 0 Å². The van der Waals surface area contributed by atoms with E-state index in [2.05, 4.69) is 0 Å². The zero-order chi connectivity index (χ0) is 14.8. The van der Waals surface area contributed by atoms with Crippen molar-refractivity contribution in [3.05, 3.63) is 84.2 Å². The Bertz CT molecular complexity index is 794. The molecule has 0 saturated heterocycles. The second-order valence-electron chi connectivity index (χ2n) is 4.72. The standard InChI is InChI=1S/C18H11F3/c19-15-5-1-3-12(9-15)13-7-8-17(18(21)11-13)14-4-2-6-16(20)10-14/h1-11H. The first kappa shape index (κ1) is 13.4. The Hall–Kier alpha value is -2.55. The molecule has 0 aromatic heterocycles. The van der Waals surface area contributed by atoms with Crippen LogP contribution in [0.5, 0.6) is 0 Å². The van der Waals surface area contributed by atoms with Gasteiger partial charge in [-0.05, 0) is 47.0 Å². The molecule has 3 aromatic carbocycles. The topological polar surface area (TPSA) is 0 Å². The van der Waals surface area contributed by atoms with E-state index >= 15 is 0 Å². The lowest BCUT2D eigenvalue weighted by molar-refractivity contribution is 0.624. The fourth-order valence-electron chi connectivity index (χ4n) is 2.25. The van der Waals surface area contributed by atoms with E-state index in [1.165, 1.54) is 36.4 Å². The summed E-state index contributed by atoms with van der Waals surface area (Å²) in [5, 5.41) is 0. The molecule has 0 atom stereocenters. The molecular weight excluding hydrogens is 273 g/mol. The molecule has 0 aliphatic rings. The molecule has 0 saturated carbocycles. The Labute approximate surface area is 120 Å². The van der Waals surface area contributed by atoms with Crippen LogP contribution in [0.2, 0.25) is 0 Å². The maximum Gasteiger partial charge on any atom is 0.131 e. The molecule has 0 unspecified atom stereocenters. The molecule has 3 heteroatoms. The highest BCUT2D eigenvalue weighted by Gasteiger charge is 2.08. The molecule has 0 nitrogen and oxygen atoms in total. The van der Waals surface area contributed by atoms with Gasteiger partial charge in [-0.25, -0.2) is 13.2 Å². The summed E-state index contributed by atoms with van der Waals surface area (Å²) in [6, 6.07) is 16.3. The third kappa shape index (κ3) is 2.82. The number of rotatable bonds is 2. The molecule has 0 amide bonds. The van der Waals surface area contributed by atoms with Crippen LogP contribution in [-0.4, -0.2) is 0 Å². The lowest BCUT2D eigenvalue weighted by Gasteiger charge is -2.07. The van der Waals surface area contributed by atoms with Crippen LogP contribution < -0.4 is 0 Å². The third-order valence-corrected chi connectivity index (χ3v) is 3.26. The molecule has 0 N–H and O–H groups in total. The smallest absolute Gasteiger partial charge is 0.131 e. The normalized spacial score (nSPS) is 10.6. The van der Waals surface area contributed by atoms with E-state index < -0.39 is 11.6 Å². The summed E-state index contributed by atoms with van der Waals surface area (Å²) in [5.41, 5.74) is 1.96. The summed E-state index contributed by atoms with van der Waals surface area (Å²) >= 11 is 0. The van der Waals surface area contributed by atoms with Crippen LogP contribution in [-0.2, 0) is 0 Å². The first-order chi connectivity index (χ1) is 10.1. The van der Waals surface area contributed by atoms with E-state index in [0.717, 1.165) is 0 Å². The molecule has 0 spiro atoms. The molecule has 0 bridgehead atoms. The minimum Gasteiger partial charge on any atom is -0.207 e. The maximum atomic E-state index is 14.2. The van der Waals surface area contributed by atoms with Gasteiger partial charge in [0.2, 0.25) is 0 Å². The summed E-state index contributed by atoms with van der Waals surface area (Å²) in [5.74, 6) is -1.26. The number of benzene rings is 3. The van der Waals surface area contributed by atoms with Gasteiger partial charge in [-0.1, -0.05) is 36.4 Å². The first-order valence-corrected chi connectivity index (χ1v) is 6.45. The van der Waals surface area contributed by atoms with E-state index in [-0.39, 0.29) is 5.82 Å². The number of halogens is 3. The minimum atomic E-state index is -0.470. The zero-order valence-corrected chi connectivity index (χ0v) is 11.0.